The van der Waals surface area contributed by atoms with E-state index in [1.54, 1.807) is 0 Å². The molecular weight excluding hydrogens is 294 g/mol. The summed E-state index contributed by atoms with van der Waals surface area (Å²) in [5.74, 6) is -1.54. The molecule has 2 amide bonds. The van der Waals surface area contributed by atoms with Crippen LogP contribution < -0.4 is 10.6 Å². The van der Waals surface area contributed by atoms with Crippen LogP contribution in [0.4, 0.5) is 5.13 Å². The number of nitrogens with zero attached hydrogens (tertiary/aromatic N) is 1. The molecule has 0 bridgehead atoms. The first-order valence-corrected chi connectivity index (χ1v) is 7.56. The topological polar surface area (TPSA) is 108 Å². The van der Waals surface area contributed by atoms with Crippen molar-refractivity contribution in [2.75, 3.05) is 11.9 Å². The van der Waals surface area contributed by atoms with E-state index in [0.29, 0.717) is 18.0 Å². The molecule has 8 heteroatoms. The summed E-state index contributed by atoms with van der Waals surface area (Å²) in [4.78, 5) is 38.3. The summed E-state index contributed by atoms with van der Waals surface area (Å²) >= 11 is 1.15. The van der Waals surface area contributed by atoms with Crippen LogP contribution in [0.15, 0.2) is 5.38 Å². The Morgan fingerprint density at radius 2 is 2.05 bits per heavy atom. The quantitative estimate of drug-likeness (QED) is 0.763. The number of carboxylic acids is 1. The Balaban J connectivity index is 1.96. The Labute approximate surface area is 125 Å². The fourth-order valence-corrected chi connectivity index (χ4v) is 3.18. The molecule has 0 saturated heterocycles. The number of carbonyl (C=O) groups is 3. The van der Waals surface area contributed by atoms with Crippen LogP contribution in [0.5, 0.6) is 0 Å². The molecule has 1 fully saturated rings. The minimum absolute atomic E-state index is 0.105. The van der Waals surface area contributed by atoms with E-state index in [1.165, 1.54) is 12.3 Å². The predicted molar refractivity (Wildman–Crippen MR) is 77.3 cm³/mol. The SMILES string of the molecule is CC(=O)Nc1nc(C(=O)NCC2(C(=O)O)CCCC2)cs1. The molecule has 114 valence electrons. The molecular formula is C13H17N3O4S. The summed E-state index contributed by atoms with van der Waals surface area (Å²) in [6, 6.07) is 0. The van der Waals surface area contributed by atoms with E-state index in [2.05, 4.69) is 15.6 Å². The maximum atomic E-state index is 12.0. The number of rotatable bonds is 5. The number of aliphatic carboxylic acids is 1. The van der Waals surface area contributed by atoms with E-state index in [0.717, 1.165) is 24.2 Å². The summed E-state index contributed by atoms with van der Waals surface area (Å²) in [7, 11) is 0. The molecule has 1 heterocycles. The normalized spacial score (nSPS) is 16.4. The lowest BCUT2D eigenvalue weighted by Crippen LogP contribution is -2.41. The molecule has 2 rings (SSSR count). The summed E-state index contributed by atoms with van der Waals surface area (Å²) < 4.78 is 0. The van der Waals surface area contributed by atoms with Gasteiger partial charge in [0.2, 0.25) is 5.91 Å². The number of carboxylic acid groups (broad SMARTS) is 1. The molecule has 0 radical (unpaired) electrons. The highest BCUT2D eigenvalue weighted by atomic mass is 32.1. The number of aromatic nitrogens is 1. The van der Waals surface area contributed by atoms with E-state index in [1.807, 2.05) is 0 Å². The second kappa shape index (κ2) is 6.21. The van der Waals surface area contributed by atoms with Crippen molar-refractivity contribution in [2.24, 2.45) is 5.41 Å². The monoisotopic (exact) mass is 311 g/mol. The predicted octanol–water partition coefficient (Wildman–Crippen LogP) is 1.48. The molecule has 7 nitrogen and oxygen atoms in total. The standard InChI is InChI=1S/C13H17N3O4S/c1-8(17)15-12-16-9(6-21-12)10(18)14-7-13(11(19)20)4-2-3-5-13/h6H,2-5,7H2,1H3,(H,14,18)(H,19,20)(H,15,16,17). The maximum Gasteiger partial charge on any atom is 0.311 e. The van der Waals surface area contributed by atoms with Crippen molar-refractivity contribution >= 4 is 34.3 Å². The summed E-state index contributed by atoms with van der Waals surface area (Å²) in [5.41, 5.74) is -0.672. The molecule has 0 atom stereocenters. The molecule has 0 spiro atoms. The van der Waals surface area contributed by atoms with Gasteiger partial charge in [-0.3, -0.25) is 14.4 Å². The lowest BCUT2D eigenvalue weighted by molar-refractivity contribution is -0.148. The summed E-state index contributed by atoms with van der Waals surface area (Å²) in [6.07, 6.45) is 2.89. The third-order valence-corrected chi connectivity index (χ3v) is 4.38. The van der Waals surface area contributed by atoms with Crippen LogP contribution in [0.3, 0.4) is 0 Å². The zero-order chi connectivity index (χ0) is 15.5. The van der Waals surface area contributed by atoms with E-state index in [-0.39, 0.29) is 18.1 Å². The third kappa shape index (κ3) is 3.57. The Hall–Kier alpha value is -1.96. The lowest BCUT2D eigenvalue weighted by atomic mass is 9.86. The van der Waals surface area contributed by atoms with Gasteiger partial charge in [-0.15, -0.1) is 11.3 Å². The lowest BCUT2D eigenvalue weighted by Gasteiger charge is -2.23. The fraction of sp³-hybridized carbons (Fsp3) is 0.538. The highest BCUT2D eigenvalue weighted by Crippen LogP contribution is 2.37. The number of hydrogen-bond acceptors (Lipinski definition) is 5. The average Bonchev–Trinajstić information content (AvgIpc) is 3.05. The van der Waals surface area contributed by atoms with Crippen LogP contribution in [0.1, 0.15) is 43.1 Å². The van der Waals surface area contributed by atoms with Crippen LogP contribution in [0.2, 0.25) is 0 Å². The third-order valence-electron chi connectivity index (χ3n) is 3.62. The van der Waals surface area contributed by atoms with Gasteiger partial charge in [0.1, 0.15) is 5.69 Å². The van der Waals surface area contributed by atoms with Crippen molar-refractivity contribution in [3.63, 3.8) is 0 Å². The van der Waals surface area contributed by atoms with Gasteiger partial charge in [-0.05, 0) is 12.8 Å². The highest BCUT2D eigenvalue weighted by molar-refractivity contribution is 7.14. The zero-order valence-corrected chi connectivity index (χ0v) is 12.5. The first kappa shape index (κ1) is 15.4. The minimum Gasteiger partial charge on any atom is -0.481 e. The van der Waals surface area contributed by atoms with Gasteiger partial charge >= 0.3 is 5.97 Å². The smallest absolute Gasteiger partial charge is 0.311 e. The van der Waals surface area contributed by atoms with Crippen molar-refractivity contribution in [1.29, 1.82) is 0 Å². The van der Waals surface area contributed by atoms with Crippen LogP contribution in [0, 0.1) is 5.41 Å². The number of amides is 2. The number of nitrogens with one attached hydrogen (secondary N) is 2. The Bertz CT molecular complexity index is 564. The van der Waals surface area contributed by atoms with Gasteiger partial charge < -0.3 is 15.7 Å². The molecule has 3 N–H and O–H groups in total. The number of anilines is 1. The number of hydrogen-bond donors (Lipinski definition) is 3. The molecule has 0 aliphatic heterocycles. The van der Waals surface area contributed by atoms with Crippen LogP contribution >= 0.6 is 11.3 Å². The van der Waals surface area contributed by atoms with Crippen molar-refractivity contribution in [2.45, 2.75) is 32.6 Å². The van der Waals surface area contributed by atoms with Gasteiger partial charge in [-0.25, -0.2) is 4.98 Å². The Morgan fingerprint density at radius 3 is 2.62 bits per heavy atom. The fourth-order valence-electron chi connectivity index (χ4n) is 2.44. The second-order valence-corrected chi connectivity index (χ2v) is 6.05. The largest absolute Gasteiger partial charge is 0.481 e. The molecule has 1 aliphatic carbocycles. The van der Waals surface area contributed by atoms with Crippen molar-refractivity contribution in [3.05, 3.63) is 11.1 Å². The molecule has 0 unspecified atom stereocenters. The first-order valence-electron chi connectivity index (χ1n) is 6.68. The van der Waals surface area contributed by atoms with Gasteiger partial charge in [0.05, 0.1) is 5.41 Å². The molecule has 1 saturated carbocycles. The zero-order valence-electron chi connectivity index (χ0n) is 11.6. The van der Waals surface area contributed by atoms with Crippen LogP contribution in [-0.4, -0.2) is 34.4 Å². The van der Waals surface area contributed by atoms with Gasteiger partial charge in [0.15, 0.2) is 5.13 Å². The van der Waals surface area contributed by atoms with E-state index in [9.17, 15) is 19.5 Å². The van der Waals surface area contributed by atoms with Gasteiger partial charge in [0.25, 0.3) is 5.91 Å². The molecule has 0 aromatic carbocycles. The number of thiazole rings is 1. The summed E-state index contributed by atoms with van der Waals surface area (Å²) in [6.45, 7) is 1.46. The Morgan fingerprint density at radius 1 is 1.38 bits per heavy atom. The van der Waals surface area contributed by atoms with Crippen molar-refractivity contribution in [3.8, 4) is 0 Å². The second-order valence-electron chi connectivity index (χ2n) is 5.19. The van der Waals surface area contributed by atoms with Gasteiger partial charge in [-0.1, -0.05) is 12.8 Å². The highest BCUT2D eigenvalue weighted by Gasteiger charge is 2.41. The van der Waals surface area contributed by atoms with Crippen LogP contribution in [-0.2, 0) is 9.59 Å². The molecule has 1 aromatic rings. The molecule has 21 heavy (non-hydrogen) atoms. The van der Waals surface area contributed by atoms with Crippen LogP contribution in [0.25, 0.3) is 0 Å². The minimum atomic E-state index is -0.863. The summed E-state index contributed by atoms with van der Waals surface area (Å²) in [5, 5.41) is 16.4. The molecule has 1 aliphatic rings. The van der Waals surface area contributed by atoms with E-state index >= 15 is 0 Å². The van der Waals surface area contributed by atoms with Gasteiger partial charge in [0, 0.05) is 18.8 Å². The maximum absolute atomic E-state index is 12.0. The van der Waals surface area contributed by atoms with E-state index < -0.39 is 17.3 Å². The first-order chi connectivity index (χ1) is 9.93. The molecule has 1 aromatic heterocycles. The Kier molecular flexibility index (Phi) is 4.56. The van der Waals surface area contributed by atoms with Crippen molar-refractivity contribution in [1.82, 2.24) is 10.3 Å². The van der Waals surface area contributed by atoms with E-state index in [4.69, 9.17) is 0 Å². The van der Waals surface area contributed by atoms with Crippen molar-refractivity contribution < 1.29 is 19.5 Å². The van der Waals surface area contributed by atoms with Gasteiger partial charge in [-0.2, -0.15) is 0 Å². The average molecular weight is 311 g/mol. The number of carbonyl (C=O) groups excluding carboxylic acids is 2.